The first-order valence-electron chi connectivity index (χ1n) is 6.65. The van der Waals surface area contributed by atoms with E-state index in [2.05, 4.69) is 31.1 Å². The highest BCUT2D eigenvalue weighted by atomic mass is 79.9. The lowest BCUT2D eigenvalue weighted by molar-refractivity contribution is -0.384. The molecule has 7 nitrogen and oxygen atoms in total. The zero-order chi connectivity index (χ0) is 14.1. The smallest absolute Gasteiger partial charge is 0.312 e. The second-order valence-corrected chi connectivity index (χ2v) is 6.00. The van der Waals surface area contributed by atoms with Crippen LogP contribution in [-0.4, -0.2) is 60.1 Å². The molecule has 1 N–H and O–H groups in total. The van der Waals surface area contributed by atoms with Crippen LogP contribution in [0.2, 0.25) is 0 Å². The summed E-state index contributed by atoms with van der Waals surface area (Å²) in [6.45, 7) is 5.54. The summed E-state index contributed by atoms with van der Waals surface area (Å²) in [5.74, 6) is 0.476. The lowest BCUT2D eigenvalue weighted by Crippen LogP contribution is -2.61. The number of anilines is 1. The Kier molecular flexibility index (Phi) is 3.86. The molecule has 2 aliphatic heterocycles. The van der Waals surface area contributed by atoms with Crippen molar-refractivity contribution in [2.45, 2.75) is 6.04 Å². The predicted octanol–water partition coefficient (Wildman–Crippen LogP) is 0.846. The second kappa shape index (κ2) is 5.63. The van der Waals surface area contributed by atoms with Crippen LogP contribution >= 0.6 is 15.9 Å². The Morgan fingerprint density at radius 3 is 2.60 bits per heavy atom. The predicted molar refractivity (Wildman–Crippen MR) is 79.0 cm³/mol. The van der Waals surface area contributed by atoms with Gasteiger partial charge in [0.1, 0.15) is 0 Å². The van der Waals surface area contributed by atoms with E-state index in [4.69, 9.17) is 0 Å². The van der Waals surface area contributed by atoms with Gasteiger partial charge in [0, 0.05) is 62.0 Å². The van der Waals surface area contributed by atoms with E-state index in [0.717, 1.165) is 39.3 Å². The Hall–Kier alpha value is -1.25. The summed E-state index contributed by atoms with van der Waals surface area (Å²) in [6, 6.07) is 2.15. The molecule has 8 heteroatoms. The highest BCUT2D eigenvalue weighted by molar-refractivity contribution is 9.10. The first kappa shape index (κ1) is 13.7. The van der Waals surface area contributed by atoms with E-state index in [1.807, 2.05) is 4.90 Å². The van der Waals surface area contributed by atoms with Crippen LogP contribution in [0, 0.1) is 10.1 Å². The van der Waals surface area contributed by atoms with Crippen molar-refractivity contribution in [2.24, 2.45) is 0 Å². The second-order valence-electron chi connectivity index (χ2n) is 5.09. The molecule has 108 valence electrons. The Morgan fingerprint density at radius 2 is 2.05 bits per heavy atom. The summed E-state index contributed by atoms with van der Waals surface area (Å²) in [5.41, 5.74) is 0.0677. The highest BCUT2D eigenvalue weighted by Crippen LogP contribution is 2.29. The molecule has 0 unspecified atom stereocenters. The third kappa shape index (κ3) is 2.63. The quantitative estimate of drug-likeness (QED) is 0.648. The minimum atomic E-state index is -0.366. The number of aromatic nitrogens is 1. The number of hydrogen-bond donors (Lipinski definition) is 1. The molecule has 1 aromatic rings. The third-order valence-electron chi connectivity index (χ3n) is 3.90. The Labute approximate surface area is 125 Å². The van der Waals surface area contributed by atoms with Gasteiger partial charge in [0.15, 0.2) is 0 Å². The molecule has 2 fully saturated rings. The fourth-order valence-corrected chi connectivity index (χ4v) is 2.95. The van der Waals surface area contributed by atoms with Crippen molar-refractivity contribution in [3.8, 4) is 0 Å². The van der Waals surface area contributed by atoms with Gasteiger partial charge in [-0.05, 0) is 15.9 Å². The van der Waals surface area contributed by atoms with Crippen LogP contribution in [0.25, 0.3) is 0 Å². The molecule has 3 rings (SSSR count). The minimum Gasteiger partial charge on any atom is -0.348 e. The van der Waals surface area contributed by atoms with Gasteiger partial charge in [-0.1, -0.05) is 0 Å². The Morgan fingerprint density at radius 1 is 1.35 bits per heavy atom. The summed E-state index contributed by atoms with van der Waals surface area (Å²) in [7, 11) is 0. The summed E-state index contributed by atoms with van der Waals surface area (Å²) >= 11 is 3.23. The number of hydrogen-bond acceptors (Lipinski definition) is 6. The standard InChI is InChI=1S/C12H16BrN5O2/c13-9-5-11(18(19)20)12(15-6-9)17-3-1-16(2-4-17)10-7-14-8-10/h5-6,10,14H,1-4,7-8H2. The van der Waals surface area contributed by atoms with Gasteiger partial charge in [0.2, 0.25) is 5.82 Å². The average Bonchev–Trinajstić information content (AvgIpc) is 2.38. The van der Waals surface area contributed by atoms with E-state index in [0.29, 0.717) is 16.3 Å². The maximum absolute atomic E-state index is 11.1. The molecule has 0 atom stereocenters. The average molecular weight is 342 g/mol. The van der Waals surface area contributed by atoms with E-state index in [9.17, 15) is 10.1 Å². The molecule has 0 spiro atoms. The van der Waals surface area contributed by atoms with E-state index >= 15 is 0 Å². The van der Waals surface area contributed by atoms with Crippen LogP contribution in [-0.2, 0) is 0 Å². The van der Waals surface area contributed by atoms with Crippen molar-refractivity contribution >= 4 is 27.4 Å². The van der Waals surface area contributed by atoms with Gasteiger partial charge in [0.25, 0.3) is 0 Å². The molecule has 3 heterocycles. The van der Waals surface area contributed by atoms with Crippen molar-refractivity contribution in [2.75, 3.05) is 44.2 Å². The van der Waals surface area contributed by atoms with Crippen molar-refractivity contribution in [3.05, 3.63) is 26.9 Å². The molecule has 2 saturated heterocycles. The van der Waals surface area contributed by atoms with Gasteiger partial charge in [-0.3, -0.25) is 15.0 Å². The van der Waals surface area contributed by atoms with Gasteiger partial charge in [0.05, 0.1) is 4.92 Å². The molecule has 20 heavy (non-hydrogen) atoms. The van der Waals surface area contributed by atoms with Crippen molar-refractivity contribution in [3.63, 3.8) is 0 Å². The molecule has 0 aromatic carbocycles. The zero-order valence-electron chi connectivity index (χ0n) is 11.0. The SMILES string of the molecule is O=[N+]([O-])c1cc(Br)cnc1N1CCN(C2CNC2)CC1. The normalized spacial score (nSPS) is 20.8. The fourth-order valence-electron chi connectivity index (χ4n) is 2.63. The van der Waals surface area contributed by atoms with Crippen LogP contribution in [0.5, 0.6) is 0 Å². The topological polar surface area (TPSA) is 74.5 Å². The molecule has 0 saturated carbocycles. The number of nitro groups is 1. The van der Waals surface area contributed by atoms with E-state index in [1.165, 1.54) is 6.07 Å². The minimum absolute atomic E-state index is 0.0677. The van der Waals surface area contributed by atoms with E-state index in [-0.39, 0.29) is 10.6 Å². The first-order chi connectivity index (χ1) is 9.65. The monoisotopic (exact) mass is 341 g/mol. The lowest BCUT2D eigenvalue weighted by atomic mass is 10.1. The first-order valence-corrected chi connectivity index (χ1v) is 7.44. The third-order valence-corrected chi connectivity index (χ3v) is 4.33. The number of piperazine rings is 1. The Balaban J connectivity index is 1.72. The van der Waals surface area contributed by atoms with Crippen LogP contribution in [0.15, 0.2) is 16.7 Å². The Bertz CT molecular complexity index is 515. The van der Waals surface area contributed by atoms with Crippen LogP contribution in [0.4, 0.5) is 11.5 Å². The van der Waals surface area contributed by atoms with Gasteiger partial charge >= 0.3 is 5.69 Å². The summed E-state index contributed by atoms with van der Waals surface area (Å²) in [6.07, 6.45) is 1.62. The molecule has 1 aromatic heterocycles. The lowest BCUT2D eigenvalue weighted by Gasteiger charge is -2.43. The van der Waals surface area contributed by atoms with E-state index < -0.39 is 0 Å². The number of nitrogens with zero attached hydrogens (tertiary/aromatic N) is 4. The molecule has 2 aliphatic rings. The van der Waals surface area contributed by atoms with Gasteiger partial charge in [-0.25, -0.2) is 4.98 Å². The molecule has 0 bridgehead atoms. The molecule has 0 aliphatic carbocycles. The zero-order valence-corrected chi connectivity index (χ0v) is 12.5. The summed E-state index contributed by atoms with van der Waals surface area (Å²) < 4.78 is 0.632. The molecular formula is C12H16BrN5O2. The number of pyridine rings is 1. The van der Waals surface area contributed by atoms with Crippen LogP contribution < -0.4 is 10.2 Å². The van der Waals surface area contributed by atoms with Crippen LogP contribution in [0.1, 0.15) is 0 Å². The maximum atomic E-state index is 11.1. The summed E-state index contributed by atoms with van der Waals surface area (Å²) in [4.78, 5) is 19.5. The highest BCUT2D eigenvalue weighted by Gasteiger charge is 2.30. The van der Waals surface area contributed by atoms with Crippen molar-refractivity contribution < 1.29 is 4.92 Å². The van der Waals surface area contributed by atoms with Crippen molar-refractivity contribution in [1.29, 1.82) is 0 Å². The number of halogens is 1. The summed E-state index contributed by atoms with van der Waals surface area (Å²) in [5, 5.41) is 14.4. The van der Waals surface area contributed by atoms with Crippen LogP contribution in [0.3, 0.4) is 0 Å². The maximum Gasteiger partial charge on any atom is 0.312 e. The van der Waals surface area contributed by atoms with Gasteiger partial charge in [-0.15, -0.1) is 0 Å². The number of rotatable bonds is 3. The van der Waals surface area contributed by atoms with Crippen molar-refractivity contribution in [1.82, 2.24) is 15.2 Å². The molecule has 0 amide bonds. The molecular weight excluding hydrogens is 326 g/mol. The van der Waals surface area contributed by atoms with Gasteiger partial charge < -0.3 is 10.2 Å². The molecule has 0 radical (unpaired) electrons. The fraction of sp³-hybridized carbons (Fsp3) is 0.583. The number of nitrogens with one attached hydrogen (secondary N) is 1. The van der Waals surface area contributed by atoms with E-state index in [1.54, 1.807) is 6.20 Å². The van der Waals surface area contributed by atoms with Gasteiger partial charge in [-0.2, -0.15) is 0 Å². The largest absolute Gasteiger partial charge is 0.348 e.